The van der Waals surface area contributed by atoms with Gasteiger partial charge < -0.3 is 5.32 Å². The Morgan fingerprint density at radius 1 is 1.00 bits per heavy atom. The average molecular weight is 384 g/mol. The van der Waals surface area contributed by atoms with Crippen LogP contribution in [0.5, 0.6) is 0 Å². The van der Waals surface area contributed by atoms with Crippen LogP contribution < -0.4 is 5.32 Å². The maximum absolute atomic E-state index is 4.43. The molecule has 0 fully saturated rings. The van der Waals surface area contributed by atoms with Gasteiger partial charge in [-0.25, -0.2) is 0 Å². The number of rotatable bonds is 5. The molecule has 2 aromatic rings. The highest BCUT2D eigenvalue weighted by Gasteiger charge is 2.09. The van der Waals surface area contributed by atoms with E-state index in [4.69, 9.17) is 0 Å². The van der Waals surface area contributed by atoms with Crippen molar-refractivity contribution in [3.05, 3.63) is 62.8 Å². The van der Waals surface area contributed by atoms with Crippen molar-refractivity contribution in [1.82, 2.24) is 10.3 Å². The van der Waals surface area contributed by atoms with E-state index in [2.05, 4.69) is 72.5 Å². The molecule has 1 aromatic carbocycles. The SMILES string of the molecule is CNC(Cc1ccc(Br)cc1)Cc1ccc(Br)cn1. The normalized spacial score (nSPS) is 12.4. The van der Waals surface area contributed by atoms with E-state index in [0.717, 1.165) is 27.5 Å². The summed E-state index contributed by atoms with van der Waals surface area (Å²) in [4.78, 5) is 4.43. The molecule has 0 aliphatic rings. The van der Waals surface area contributed by atoms with Crippen molar-refractivity contribution < 1.29 is 0 Å². The van der Waals surface area contributed by atoms with Crippen molar-refractivity contribution in [3.8, 4) is 0 Å². The van der Waals surface area contributed by atoms with Crippen molar-refractivity contribution in [2.75, 3.05) is 7.05 Å². The maximum Gasteiger partial charge on any atom is 0.0420 e. The number of benzene rings is 1. The summed E-state index contributed by atoms with van der Waals surface area (Å²) in [5.41, 5.74) is 2.44. The fourth-order valence-corrected chi connectivity index (χ4v) is 2.46. The highest BCUT2D eigenvalue weighted by Crippen LogP contribution is 2.14. The van der Waals surface area contributed by atoms with Crippen molar-refractivity contribution in [2.45, 2.75) is 18.9 Å². The molecule has 100 valence electrons. The molecule has 19 heavy (non-hydrogen) atoms. The summed E-state index contributed by atoms with van der Waals surface area (Å²) in [7, 11) is 2.00. The van der Waals surface area contributed by atoms with E-state index in [9.17, 15) is 0 Å². The number of hydrogen-bond donors (Lipinski definition) is 1. The van der Waals surface area contributed by atoms with Gasteiger partial charge in [-0.1, -0.05) is 28.1 Å². The van der Waals surface area contributed by atoms with Crippen LogP contribution in [0.1, 0.15) is 11.3 Å². The Balaban J connectivity index is 2.00. The van der Waals surface area contributed by atoms with Gasteiger partial charge in [-0.05, 0) is 59.2 Å². The molecule has 0 aliphatic heterocycles. The third kappa shape index (κ3) is 4.71. The molecule has 0 saturated carbocycles. The molecule has 2 rings (SSSR count). The Hall–Kier alpha value is -0.710. The second kappa shape index (κ2) is 7.17. The summed E-state index contributed by atoms with van der Waals surface area (Å²) in [6, 6.07) is 13.0. The van der Waals surface area contributed by atoms with Crippen molar-refractivity contribution in [1.29, 1.82) is 0 Å². The van der Waals surface area contributed by atoms with E-state index in [-0.39, 0.29) is 0 Å². The van der Waals surface area contributed by atoms with E-state index < -0.39 is 0 Å². The molecule has 0 spiro atoms. The topological polar surface area (TPSA) is 24.9 Å². The standard InChI is InChI=1S/C15H16Br2N2/c1-18-15(8-11-2-4-12(16)5-3-11)9-14-7-6-13(17)10-19-14/h2-7,10,15,18H,8-9H2,1H3. The molecule has 1 aromatic heterocycles. The Bertz CT molecular complexity index is 461. The number of likely N-dealkylation sites (N-methyl/N-ethyl adjacent to an activating group) is 1. The molecular formula is C15H16Br2N2. The lowest BCUT2D eigenvalue weighted by Crippen LogP contribution is -2.30. The first-order valence-corrected chi connectivity index (χ1v) is 7.78. The van der Waals surface area contributed by atoms with Gasteiger partial charge in [0.15, 0.2) is 0 Å². The quantitative estimate of drug-likeness (QED) is 0.844. The summed E-state index contributed by atoms with van der Waals surface area (Å²) in [5, 5.41) is 3.36. The molecule has 0 saturated heterocycles. The lowest BCUT2D eigenvalue weighted by atomic mass is 10.0. The van der Waals surface area contributed by atoms with Crippen LogP contribution in [0.2, 0.25) is 0 Å². The van der Waals surface area contributed by atoms with E-state index >= 15 is 0 Å². The lowest BCUT2D eigenvalue weighted by Gasteiger charge is -2.16. The Kier molecular flexibility index (Phi) is 5.55. The van der Waals surface area contributed by atoms with Crippen LogP contribution in [0.15, 0.2) is 51.5 Å². The Morgan fingerprint density at radius 3 is 2.26 bits per heavy atom. The fraction of sp³-hybridized carbons (Fsp3) is 0.267. The van der Waals surface area contributed by atoms with Gasteiger partial charge in [-0.15, -0.1) is 0 Å². The molecule has 1 N–H and O–H groups in total. The third-order valence-corrected chi connectivity index (χ3v) is 4.05. The van der Waals surface area contributed by atoms with E-state index in [1.807, 2.05) is 19.3 Å². The van der Waals surface area contributed by atoms with Crippen LogP contribution >= 0.6 is 31.9 Å². The minimum Gasteiger partial charge on any atom is -0.316 e. The van der Waals surface area contributed by atoms with Crippen LogP contribution in [0.3, 0.4) is 0 Å². The fourth-order valence-electron chi connectivity index (χ4n) is 1.96. The Labute approximate surface area is 130 Å². The number of halogens is 2. The molecule has 0 bridgehead atoms. The zero-order chi connectivity index (χ0) is 13.7. The zero-order valence-electron chi connectivity index (χ0n) is 10.7. The maximum atomic E-state index is 4.43. The summed E-state index contributed by atoms with van der Waals surface area (Å²) >= 11 is 6.87. The predicted octanol–water partition coefficient (Wildman–Crippen LogP) is 3.98. The molecule has 1 heterocycles. The van der Waals surface area contributed by atoms with Gasteiger partial charge in [0.1, 0.15) is 0 Å². The molecule has 0 amide bonds. The molecular weight excluding hydrogens is 368 g/mol. The first-order valence-electron chi connectivity index (χ1n) is 6.19. The van der Waals surface area contributed by atoms with Crippen LogP contribution in [-0.4, -0.2) is 18.1 Å². The minimum absolute atomic E-state index is 0.398. The van der Waals surface area contributed by atoms with Crippen molar-refractivity contribution in [2.24, 2.45) is 0 Å². The van der Waals surface area contributed by atoms with Crippen molar-refractivity contribution in [3.63, 3.8) is 0 Å². The summed E-state index contributed by atoms with van der Waals surface area (Å²) in [6.45, 7) is 0. The monoisotopic (exact) mass is 382 g/mol. The number of nitrogens with zero attached hydrogens (tertiary/aromatic N) is 1. The van der Waals surface area contributed by atoms with Gasteiger partial charge in [0.05, 0.1) is 0 Å². The van der Waals surface area contributed by atoms with Gasteiger partial charge in [-0.2, -0.15) is 0 Å². The van der Waals surface area contributed by atoms with E-state index in [1.54, 1.807) is 0 Å². The summed E-state index contributed by atoms with van der Waals surface area (Å²) < 4.78 is 2.14. The summed E-state index contributed by atoms with van der Waals surface area (Å²) in [6.07, 6.45) is 3.78. The van der Waals surface area contributed by atoms with Gasteiger partial charge in [0, 0.05) is 33.3 Å². The number of nitrogens with one attached hydrogen (secondary N) is 1. The van der Waals surface area contributed by atoms with Gasteiger partial charge >= 0.3 is 0 Å². The average Bonchev–Trinajstić information content (AvgIpc) is 2.43. The van der Waals surface area contributed by atoms with Crippen LogP contribution in [0.25, 0.3) is 0 Å². The number of hydrogen-bond acceptors (Lipinski definition) is 2. The van der Waals surface area contributed by atoms with Crippen LogP contribution in [-0.2, 0) is 12.8 Å². The van der Waals surface area contributed by atoms with Gasteiger partial charge in [-0.3, -0.25) is 4.98 Å². The largest absolute Gasteiger partial charge is 0.316 e. The summed E-state index contributed by atoms with van der Waals surface area (Å²) in [5.74, 6) is 0. The third-order valence-electron chi connectivity index (χ3n) is 3.05. The second-order valence-electron chi connectivity index (χ2n) is 4.49. The first-order chi connectivity index (χ1) is 9.17. The van der Waals surface area contributed by atoms with E-state index in [0.29, 0.717) is 6.04 Å². The highest BCUT2D eigenvalue weighted by molar-refractivity contribution is 9.10. The molecule has 0 aliphatic carbocycles. The molecule has 1 unspecified atom stereocenters. The highest BCUT2D eigenvalue weighted by atomic mass is 79.9. The Morgan fingerprint density at radius 2 is 1.68 bits per heavy atom. The molecule has 0 radical (unpaired) electrons. The second-order valence-corrected chi connectivity index (χ2v) is 6.32. The smallest absolute Gasteiger partial charge is 0.0420 e. The first kappa shape index (κ1) is 14.7. The predicted molar refractivity (Wildman–Crippen MR) is 86.3 cm³/mol. The van der Waals surface area contributed by atoms with E-state index in [1.165, 1.54) is 5.56 Å². The number of pyridine rings is 1. The number of aromatic nitrogens is 1. The minimum atomic E-state index is 0.398. The van der Waals surface area contributed by atoms with Gasteiger partial charge in [0.25, 0.3) is 0 Å². The van der Waals surface area contributed by atoms with Crippen molar-refractivity contribution >= 4 is 31.9 Å². The van der Waals surface area contributed by atoms with Crippen LogP contribution in [0, 0.1) is 0 Å². The molecule has 2 nitrogen and oxygen atoms in total. The molecule has 4 heteroatoms. The van der Waals surface area contributed by atoms with Gasteiger partial charge in [0.2, 0.25) is 0 Å². The van der Waals surface area contributed by atoms with Crippen LogP contribution in [0.4, 0.5) is 0 Å². The lowest BCUT2D eigenvalue weighted by molar-refractivity contribution is 0.550. The molecule has 1 atom stereocenters. The zero-order valence-corrected chi connectivity index (χ0v) is 13.9.